The highest BCUT2D eigenvalue weighted by molar-refractivity contribution is 5.95. The van der Waals surface area contributed by atoms with E-state index in [9.17, 15) is 4.79 Å². The lowest BCUT2D eigenvalue weighted by atomic mass is 10.1. The Balaban J connectivity index is 2.07. The van der Waals surface area contributed by atoms with Crippen molar-refractivity contribution in [1.29, 1.82) is 0 Å². The molecular weight excluding hydrogens is 216 g/mol. The van der Waals surface area contributed by atoms with Gasteiger partial charge < -0.3 is 15.4 Å². The van der Waals surface area contributed by atoms with E-state index in [4.69, 9.17) is 4.74 Å². The molecule has 0 saturated heterocycles. The third-order valence-electron chi connectivity index (χ3n) is 2.51. The Morgan fingerprint density at radius 3 is 3.24 bits per heavy atom. The Labute approximate surface area is 101 Å². The summed E-state index contributed by atoms with van der Waals surface area (Å²) in [6.07, 6.45) is 5.12. The van der Waals surface area contributed by atoms with E-state index in [2.05, 4.69) is 16.7 Å². The Kier molecular flexibility index (Phi) is 3.77. The maximum atomic E-state index is 11.2. The minimum atomic E-state index is -0.103. The Bertz CT molecular complexity index is 441. The summed E-state index contributed by atoms with van der Waals surface area (Å²) in [5.74, 6) is 0.630. The van der Waals surface area contributed by atoms with Crippen molar-refractivity contribution in [3.63, 3.8) is 0 Å². The lowest BCUT2D eigenvalue weighted by Gasteiger charge is -2.17. The summed E-state index contributed by atoms with van der Waals surface area (Å²) >= 11 is 0. The summed E-state index contributed by atoms with van der Waals surface area (Å²) in [7, 11) is 1.93. The molecule has 0 spiro atoms. The first-order chi connectivity index (χ1) is 8.29. The predicted octanol–water partition coefficient (Wildman–Crippen LogP) is 1.64. The van der Waals surface area contributed by atoms with Crippen molar-refractivity contribution in [1.82, 2.24) is 5.32 Å². The van der Waals surface area contributed by atoms with E-state index in [0.717, 1.165) is 30.0 Å². The van der Waals surface area contributed by atoms with Crippen LogP contribution in [0.5, 0.6) is 5.75 Å². The SMILES string of the molecule is CNCCC=Cc1ccc2c(c1)NC(=O)CO2. The number of fused-ring (bicyclic) bond motifs is 1. The molecule has 17 heavy (non-hydrogen) atoms. The van der Waals surface area contributed by atoms with E-state index in [1.54, 1.807) is 0 Å². The summed E-state index contributed by atoms with van der Waals surface area (Å²) in [5.41, 5.74) is 1.81. The zero-order chi connectivity index (χ0) is 12.1. The van der Waals surface area contributed by atoms with Crippen LogP contribution >= 0.6 is 0 Å². The molecule has 0 unspecified atom stereocenters. The van der Waals surface area contributed by atoms with Gasteiger partial charge in [0.1, 0.15) is 5.75 Å². The van der Waals surface area contributed by atoms with Crippen LogP contribution in [0.25, 0.3) is 6.08 Å². The fraction of sp³-hybridized carbons (Fsp3) is 0.308. The zero-order valence-electron chi connectivity index (χ0n) is 9.82. The minimum Gasteiger partial charge on any atom is -0.482 e. The van der Waals surface area contributed by atoms with Gasteiger partial charge in [-0.25, -0.2) is 0 Å². The fourth-order valence-electron chi connectivity index (χ4n) is 1.65. The van der Waals surface area contributed by atoms with Crippen molar-refractivity contribution < 1.29 is 9.53 Å². The van der Waals surface area contributed by atoms with Crippen molar-refractivity contribution in [2.75, 3.05) is 25.5 Å². The van der Waals surface area contributed by atoms with E-state index in [1.165, 1.54) is 0 Å². The van der Waals surface area contributed by atoms with Crippen molar-refractivity contribution >= 4 is 17.7 Å². The lowest BCUT2D eigenvalue weighted by Crippen LogP contribution is -2.25. The van der Waals surface area contributed by atoms with Gasteiger partial charge in [0.15, 0.2) is 6.61 Å². The maximum absolute atomic E-state index is 11.2. The van der Waals surface area contributed by atoms with Crippen LogP contribution < -0.4 is 15.4 Å². The standard InChI is InChI=1S/C13H16N2O2/c1-14-7-3-2-4-10-5-6-12-11(8-10)15-13(16)9-17-12/h2,4-6,8,14H,3,7,9H2,1H3,(H,15,16). The van der Waals surface area contributed by atoms with Gasteiger partial charge in [0, 0.05) is 0 Å². The van der Waals surface area contributed by atoms with Crippen molar-refractivity contribution in [3.8, 4) is 5.75 Å². The average Bonchev–Trinajstić information content (AvgIpc) is 2.34. The maximum Gasteiger partial charge on any atom is 0.262 e. The van der Waals surface area contributed by atoms with Crippen LogP contribution in [0.3, 0.4) is 0 Å². The number of carbonyl (C=O) groups is 1. The molecule has 4 heteroatoms. The molecule has 1 aliphatic heterocycles. The van der Waals surface area contributed by atoms with Crippen molar-refractivity contribution in [2.24, 2.45) is 0 Å². The van der Waals surface area contributed by atoms with E-state index in [0.29, 0.717) is 0 Å². The molecule has 4 nitrogen and oxygen atoms in total. The Morgan fingerprint density at radius 1 is 1.53 bits per heavy atom. The minimum absolute atomic E-state index is 0.102. The summed E-state index contributed by atoms with van der Waals surface area (Å²) in [6.45, 7) is 1.06. The van der Waals surface area contributed by atoms with Crippen LogP contribution in [-0.4, -0.2) is 26.1 Å². The van der Waals surface area contributed by atoms with E-state index in [1.807, 2.05) is 31.3 Å². The molecule has 1 aromatic carbocycles. The molecular formula is C13H16N2O2. The van der Waals surface area contributed by atoms with Gasteiger partial charge in [-0.15, -0.1) is 0 Å². The number of benzene rings is 1. The van der Waals surface area contributed by atoms with Crippen LogP contribution in [0.1, 0.15) is 12.0 Å². The number of hydrogen-bond donors (Lipinski definition) is 2. The van der Waals surface area contributed by atoms with Crippen LogP contribution in [0.4, 0.5) is 5.69 Å². The number of carbonyl (C=O) groups excluding carboxylic acids is 1. The molecule has 0 aromatic heterocycles. The van der Waals surface area contributed by atoms with Crippen LogP contribution in [0, 0.1) is 0 Å². The molecule has 0 aliphatic carbocycles. The monoisotopic (exact) mass is 232 g/mol. The Hall–Kier alpha value is -1.81. The van der Waals surface area contributed by atoms with Crippen molar-refractivity contribution in [2.45, 2.75) is 6.42 Å². The molecule has 1 amide bonds. The van der Waals surface area contributed by atoms with Gasteiger partial charge in [0.05, 0.1) is 5.69 Å². The fourth-order valence-corrected chi connectivity index (χ4v) is 1.65. The second-order valence-electron chi connectivity index (χ2n) is 3.89. The predicted molar refractivity (Wildman–Crippen MR) is 68.1 cm³/mol. The first-order valence-electron chi connectivity index (χ1n) is 5.67. The molecule has 90 valence electrons. The highest BCUT2D eigenvalue weighted by Gasteiger charge is 2.15. The van der Waals surface area contributed by atoms with Crippen LogP contribution in [0.2, 0.25) is 0 Å². The molecule has 0 atom stereocenters. The van der Waals surface area contributed by atoms with E-state index >= 15 is 0 Å². The second-order valence-corrected chi connectivity index (χ2v) is 3.89. The molecule has 1 aliphatic rings. The third-order valence-corrected chi connectivity index (χ3v) is 2.51. The molecule has 0 saturated carbocycles. The molecule has 1 aromatic rings. The number of ether oxygens (including phenoxy) is 1. The number of anilines is 1. The number of hydrogen-bond acceptors (Lipinski definition) is 3. The first-order valence-corrected chi connectivity index (χ1v) is 5.67. The van der Waals surface area contributed by atoms with Gasteiger partial charge >= 0.3 is 0 Å². The molecule has 1 heterocycles. The Morgan fingerprint density at radius 2 is 2.41 bits per heavy atom. The zero-order valence-corrected chi connectivity index (χ0v) is 9.82. The molecule has 2 rings (SSSR count). The highest BCUT2D eigenvalue weighted by atomic mass is 16.5. The van der Waals surface area contributed by atoms with Gasteiger partial charge in [0.25, 0.3) is 5.91 Å². The summed E-state index contributed by atoms with van der Waals surface area (Å²) in [4.78, 5) is 11.2. The molecule has 2 N–H and O–H groups in total. The largest absolute Gasteiger partial charge is 0.482 e. The first kappa shape index (κ1) is 11.7. The summed E-state index contributed by atoms with van der Waals surface area (Å²) in [5, 5.41) is 5.87. The van der Waals surface area contributed by atoms with E-state index < -0.39 is 0 Å². The smallest absolute Gasteiger partial charge is 0.262 e. The quantitative estimate of drug-likeness (QED) is 0.776. The van der Waals surface area contributed by atoms with Gasteiger partial charge in [-0.05, 0) is 37.7 Å². The molecule has 0 radical (unpaired) electrons. The lowest BCUT2D eigenvalue weighted by molar-refractivity contribution is -0.118. The van der Waals surface area contributed by atoms with Gasteiger partial charge in [-0.1, -0.05) is 18.2 Å². The second kappa shape index (κ2) is 5.50. The van der Waals surface area contributed by atoms with Gasteiger partial charge in [0.2, 0.25) is 0 Å². The third kappa shape index (κ3) is 3.07. The number of amides is 1. The topological polar surface area (TPSA) is 50.4 Å². The molecule has 0 fully saturated rings. The normalized spacial score (nSPS) is 14.3. The number of nitrogens with one attached hydrogen (secondary N) is 2. The van der Waals surface area contributed by atoms with Crippen LogP contribution in [-0.2, 0) is 4.79 Å². The van der Waals surface area contributed by atoms with E-state index in [-0.39, 0.29) is 12.5 Å². The average molecular weight is 232 g/mol. The molecule has 0 bridgehead atoms. The van der Waals surface area contributed by atoms with Crippen LogP contribution in [0.15, 0.2) is 24.3 Å². The van der Waals surface area contributed by atoms with Gasteiger partial charge in [-0.3, -0.25) is 4.79 Å². The number of rotatable bonds is 4. The summed E-state index contributed by atoms with van der Waals surface area (Å²) < 4.78 is 5.29. The summed E-state index contributed by atoms with van der Waals surface area (Å²) in [6, 6.07) is 5.78. The van der Waals surface area contributed by atoms with Gasteiger partial charge in [-0.2, -0.15) is 0 Å². The highest BCUT2D eigenvalue weighted by Crippen LogP contribution is 2.28. The van der Waals surface area contributed by atoms with Crippen molar-refractivity contribution in [3.05, 3.63) is 29.8 Å².